The molecule has 1 amide bonds. The molecule has 0 fully saturated rings. The number of amides is 1. The minimum absolute atomic E-state index is 0.142. The fourth-order valence-electron chi connectivity index (χ4n) is 2.69. The van der Waals surface area contributed by atoms with Crippen molar-refractivity contribution in [2.45, 2.75) is 6.61 Å². The molecule has 0 bridgehead atoms. The molecule has 0 spiro atoms. The largest absolute Gasteiger partial charge is 0.497 e. The van der Waals surface area contributed by atoms with Gasteiger partial charge in [-0.15, -0.1) is 0 Å². The van der Waals surface area contributed by atoms with Gasteiger partial charge >= 0.3 is 0 Å². The number of halogens is 2. The van der Waals surface area contributed by atoms with Gasteiger partial charge in [-0.25, -0.2) is 4.39 Å². The van der Waals surface area contributed by atoms with Crippen molar-refractivity contribution in [2.75, 3.05) is 12.4 Å². The zero-order valence-corrected chi connectivity index (χ0v) is 17.3. The van der Waals surface area contributed by atoms with Crippen LogP contribution in [0.5, 0.6) is 11.5 Å². The molecule has 0 aliphatic rings. The Labute approximate surface area is 184 Å². The van der Waals surface area contributed by atoms with E-state index in [0.29, 0.717) is 27.8 Å². The monoisotopic (exact) mass is 436 g/mol. The van der Waals surface area contributed by atoms with Crippen LogP contribution >= 0.6 is 11.6 Å². The summed E-state index contributed by atoms with van der Waals surface area (Å²) >= 11 is 6.19. The van der Waals surface area contributed by atoms with Crippen molar-refractivity contribution in [2.24, 2.45) is 0 Å². The molecule has 0 heterocycles. The van der Waals surface area contributed by atoms with Gasteiger partial charge in [0.2, 0.25) is 0 Å². The van der Waals surface area contributed by atoms with Crippen molar-refractivity contribution in [1.82, 2.24) is 0 Å². The van der Waals surface area contributed by atoms with Gasteiger partial charge in [-0.1, -0.05) is 29.8 Å². The lowest BCUT2D eigenvalue weighted by Crippen LogP contribution is -2.13. The summed E-state index contributed by atoms with van der Waals surface area (Å²) in [5.41, 5.74) is 1.53. The van der Waals surface area contributed by atoms with E-state index in [0.717, 1.165) is 5.56 Å². The molecule has 0 aliphatic heterocycles. The Morgan fingerprint density at radius 1 is 1.16 bits per heavy atom. The molecule has 5 nitrogen and oxygen atoms in total. The van der Waals surface area contributed by atoms with Crippen molar-refractivity contribution in [3.05, 3.63) is 94.3 Å². The molecule has 3 aromatic carbocycles. The predicted octanol–water partition coefficient (Wildman–Crippen LogP) is 5.61. The van der Waals surface area contributed by atoms with Crippen LogP contribution in [0.25, 0.3) is 6.08 Å². The zero-order chi connectivity index (χ0) is 22.2. The van der Waals surface area contributed by atoms with Gasteiger partial charge in [-0.2, -0.15) is 5.26 Å². The van der Waals surface area contributed by atoms with E-state index in [2.05, 4.69) is 5.32 Å². The summed E-state index contributed by atoms with van der Waals surface area (Å²) < 4.78 is 24.2. The Morgan fingerprint density at radius 3 is 2.58 bits per heavy atom. The number of hydrogen-bond donors (Lipinski definition) is 1. The maximum Gasteiger partial charge on any atom is 0.266 e. The van der Waals surface area contributed by atoms with E-state index in [1.54, 1.807) is 24.3 Å². The smallest absolute Gasteiger partial charge is 0.266 e. The third-order valence-electron chi connectivity index (χ3n) is 4.33. The number of benzene rings is 3. The predicted molar refractivity (Wildman–Crippen MR) is 117 cm³/mol. The summed E-state index contributed by atoms with van der Waals surface area (Å²) in [4.78, 5) is 12.5. The summed E-state index contributed by atoms with van der Waals surface area (Å²) in [6.07, 6.45) is 1.42. The highest BCUT2D eigenvalue weighted by molar-refractivity contribution is 6.31. The number of nitrogens with one attached hydrogen (secondary N) is 1. The van der Waals surface area contributed by atoms with E-state index in [1.807, 2.05) is 24.3 Å². The topological polar surface area (TPSA) is 71.3 Å². The number of carbonyl (C=O) groups is 1. The fraction of sp³-hybridized carbons (Fsp3) is 0.0833. The highest BCUT2D eigenvalue weighted by atomic mass is 35.5. The fourth-order valence-corrected chi connectivity index (χ4v) is 2.88. The van der Waals surface area contributed by atoms with Crippen molar-refractivity contribution in [3.63, 3.8) is 0 Å². The number of rotatable bonds is 7. The standard InChI is InChI=1S/C24H18ClFN2O3/c1-30-21-11-6-16(23(13-21)31-15-17-4-2-3-5-22(17)25)12-18(14-27)24(29)28-20-9-7-19(26)8-10-20/h2-13H,15H2,1H3,(H,28,29)/b18-12+. The van der Waals surface area contributed by atoms with Crippen LogP contribution in [-0.4, -0.2) is 13.0 Å². The number of hydrogen-bond acceptors (Lipinski definition) is 4. The molecular weight excluding hydrogens is 419 g/mol. The third-order valence-corrected chi connectivity index (χ3v) is 4.70. The second kappa shape index (κ2) is 10.3. The molecule has 3 rings (SSSR count). The number of methoxy groups -OCH3 is 1. The van der Waals surface area contributed by atoms with Crippen LogP contribution in [0.2, 0.25) is 5.02 Å². The first-order valence-electron chi connectivity index (χ1n) is 9.23. The summed E-state index contributed by atoms with van der Waals surface area (Å²) in [6.45, 7) is 0.192. The molecule has 0 saturated heterocycles. The van der Waals surface area contributed by atoms with Gasteiger partial charge < -0.3 is 14.8 Å². The van der Waals surface area contributed by atoms with Gasteiger partial charge in [0, 0.05) is 27.9 Å². The zero-order valence-electron chi connectivity index (χ0n) is 16.6. The molecule has 0 saturated carbocycles. The normalized spacial score (nSPS) is 10.8. The second-order valence-corrected chi connectivity index (χ2v) is 6.82. The van der Waals surface area contributed by atoms with Crippen LogP contribution in [0.3, 0.4) is 0 Å². The Morgan fingerprint density at radius 2 is 1.90 bits per heavy atom. The van der Waals surface area contributed by atoms with E-state index in [1.165, 1.54) is 37.5 Å². The van der Waals surface area contributed by atoms with Crippen LogP contribution < -0.4 is 14.8 Å². The van der Waals surface area contributed by atoms with Crippen molar-refractivity contribution >= 4 is 29.3 Å². The number of ether oxygens (including phenoxy) is 2. The van der Waals surface area contributed by atoms with Gasteiger partial charge in [0.15, 0.2) is 0 Å². The van der Waals surface area contributed by atoms with Crippen LogP contribution in [-0.2, 0) is 11.4 Å². The SMILES string of the molecule is COc1ccc(/C=C(\C#N)C(=O)Nc2ccc(F)cc2)c(OCc2ccccc2Cl)c1. The Hall–Kier alpha value is -3.82. The minimum Gasteiger partial charge on any atom is -0.497 e. The van der Waals surface area contributed by atoms with E-state index in [4.69, 9.17) is 21.1 Å². The van der Waals surface area contributed by atoms with E-state index in [-0.39, 0.29) is 12.2 Å². The van der Waals surface area contributed by atoms with Gasteiger partial charge in [-0.05, 0) is 48.5 Å². The molecule has 7 heteroatoms. The van der Waals surface area contributed by atoms with Gasteiger partial charge in [-0.3, -0.25) is 4.79 Å². The Balaban J connectivity index is 1.86. The maximum atomic E-state index is 13.1. The first kappa shape index (κ1) is 21.9. The maximum absolute atomic E-state index is 13.1. The lowest BCUT2D eigenvalue weighted by Gasteiger charge is -2.12. The number of carbonyl (C=O) groups excluding carboxylic acids is 1. The van der Waals surface area contributed by atoms with Crippen molar-refractivity contribution < 1.29 is 18.7 Å². The van der Waals surface area contributed by atoms with Gasteiger partial charge in [0.1, 0.15) is 35.6 Å². The average Bonchev–Trinajstić information content (AvgIpc) is 2.78. The molecule has 0 aromatic heterocycles. The Bertz CT molecular complexity index is 1150. The molecule has 0 unspecified atom stereocenters. The molecule has 31 heavy (non-hydrogen) atoms. The number of nitriles is 1. The van der Waals surface area contributed by atoms with Crippen molar-refractivity contribution in [3.8, 4) is 17.6 Å². The molecule has 156 valence electrons. The average molecular weight is 437 g/mol. The third kappa shape index (κ3) is 5.84. The second-order valence-electron chi connectivity index (χ2n) is 6.41. The van der Waals surface area contributed by atoms with Crippen LogP contribution in [0.1, 0.15) is 11.1 Å². The van der Waals surface area contributed by atoms with Gasteiger partial charge in [0.05, 0.1) is 7.11 Å². The molecule has 0 radical (unpaired) electrons. The molecule has 1 N–H and O–H groups in total. The molecular formula is C24H18ClFN2O3. The Kier molecular flexibility index (Phi) is 7.26. The molecule has 0 aliphatic carbocycles. The van der Waals surface area contributed by atoms with Crippen LogP contribution in [0.15, 0.2) is 72.3 Å². The molecule has 3 aromatic rings. The first-order valence-corrected chi connectivity index (χ1v) is 9.61. The lowest BCUT2D eigenvalue weighted by atomic mass is 10.1. The van der Waals surface area contributed by atoms with Crippen molar-refractivity contribution in [1.29, 1.82) is 5.26 Å². The van der Waals surface area contributed by atoms with Gasteiger partial charge in [0.25, 0.3) is 5.91 Å². The molecule has 0 atom stereocenters. The summed E-state index contributed by atoms with van der Waals surface area (Å²) in [7, 11) is 1.53. The summed E-state index contributed by atoms with van der Waals surface area (Å²) in [5, 5.41) is 12.6. The van der Waals surface area contributed by atoms with E-state index >= 15 is 0 Å². The number of anilines is 1. The lowest BCUT2D eigenvalue weighted by molar-refractivity contribution is -0.112. The quantitative estimate of drug-likeness (QED) is 0.386. The van der Waals surface area contributed by atoms with E-state index in [9.17, 15) is 14.4 Å². The highest BCUT2D eigenvalue weighted by Crippen LogP contribution is 2.29. The number of nitrogens with zero attached hydrogens (tertiary/aromatic N) is 1. The first-order chi connectivity index (χ1) is 15.0. The van der Waals surface area contributed by atoms with Crippen LogP contribution in [0, 0.1) is 17.1 Å². The summed E-state index contributed by atoms with van der Waals surface area (Å²) in [5.74, 6) is -0.0725. The van der Waals surface area contributed by atoms with E-state index < -0.39 is 11.7 Å². The minimum atomic E-state index is -0.623. The summed E-state index contributed by atoms with van der Waals surface area (Å²) in [6, 6.07) is 19.5. The highest BCUT2D eigenvalue weighted by Gasteiger charge is 2.13. The van der Waals surface area contributed by atoms with Crippen LogP contribution in [0.4, 0.5) is 10.1 Å².